The summed E-state index contributed by atoms with van der Waals surface area (Å²) in [5.41, 5.74) is 12.8. The highest BCUT2D eigenvalue weighted by Crippen LogP contribution is 2.50. The van der Waals surface area contributed by atoms with Crippen molar-refractivity contribution in [1.82, 2.24) is 15.0 Å². The molecule has 1 aromatic heterocycles. The van der Waals surface area contributed by atoms with E-state index < -0.39 is 0 Å². The summed E-state index contributed by atoms with van der Waals surface area (Å²) in [6, 6.07) is 62.6. The van der Waals surface area contributed by atoms with Crippen molar-refractivity contribution >= 4 is 21.5 Å². The van der Waals surface area contributed by atoms with Gasteiger partial charge in [0.1, 0.15) is 0 Å². The van der Waals surface area contributed by atoms with E-state index >= 15 is 0 Å². The average Bonchev–Trinajstić information content (AvgIpc) is 3.45. The van der Waals surface area contributed by atoms with Gasteiger partial charge in [-0.3, -0.25) is 0 Å². The molecule has 0 fully saturated rings. The number of rotatable bonds is 5. The van der Waals surface area contributed by atoms with Crippen LogP contribution in [0, 0.1) is 0 Å². The Morgan fingerprint density at radius 2 is 0.811 bits per heavy atom. The van der Waals surface area contributed by atoms with E-state index in [4.69, 9.17) is 15.0 Å². The van der Waals surface area contributed by atoms with Crippen molar-refractivity contribution in [2.45, 2.75) is 19.3 Å². The van der Waals surface area contributed by atoms with Crippen LogP contribution in [-0.2, 0) is 5.41 Å². The summed E-state index contributed by atoms with van der Waals surface area (Å²) in [5.74, 6) is 1.93. The van der Waals surface area contributed by atoms with E-state index in [0.29, 0.717) is 17.5 Å². The van der Waals surface area contributed by atoms with Gasteiger partial charge in [0.25, 0.3) is 0 Å². The van der Waals surface area contributed by atoms with Gasteiger partial charge in [-0.15, -0.1) is 0 Å². The summed E-state index contributed by atoms with van der Waals surface area (Å²) in [5, 5.41) is 4.89. The van der Waals surface area contributed by atoms with Gasteiger partial charge in [0.05, 0.1) is 0 Å². The Labute approximate surface area is 309 Å². The van der Waals surface area contributed by atoms with Gasteiger partial charge in [0, 0.05) is 22.1 Å². The van der Waals surface area contributed by atoms with Crippen molar-refractivity contribution in [3.05, 3.63) is 187 Å². The summed E-state index contributed by atoms with van der Waals surface area (Å²) in [7, 11) is 0. The molecule has 0 amide bonds. The van der Waals surface area contributed by atoms with Crippen molar-refractivity contribution in [2.24, 2.45) is 0 Å². The number of aromatic nitrogens is 3. The second kappa shape index (κ2) is 12.2. The van der Waals surface area contributed by atoms with E-state index in [0.717, 1.165) is 44.3 Å². The summed E-state index contributed by atoms with van der Waals surface area (Å²) in [6.45, 7) is 4.68. The molecule has 0 unspecified atom stereocenters. The number of nitrogens with zero attached hydrogens (tertiary/aromatic N) is 3. The zero-order chi connectivity index (χ0) is 35.5. The lowest BCUT2D eigenvalue weighted by Gasteiger charge is -2.22. The van der Waals surface area contributed by atoms with Crippen LogP contribution in [0.5, 0.6) is 0 Å². The number of benzene rings is 8. The molecule has 1 aliphatic carbocycles. The molecule has 0 spiro atoms. The van der Waals surface area contributed by atoms with Gasteiger partial charge >= 0.3 is 0 Å². The molecule has 0 aliphatic heterocycles. The minimum absolute atomic E-state index is 0.0600. The SMILES string of the molecule is CC1(C)c2ccccc2-c2cc3ccc4cc(-c5nc(-c6cccc(-c7ccccc7)c6)nc(-c6cccc(-c7ccccc7)c6)n5)ccc4c3cc21. The molecular formula is C50H35N3. The number of fused-ring (bicyclic) bond motifs is 6. The molecule has 1 heterocycles. The molecule has 0 N–H and O–H groups in total. The summed E-state index contributed by atoms with van der Waals surface area (Å²) >= 11 is 0. The molecule has 3 heteroatoms. The number of hydrogen-bond acceptors (Lipinski definition) is 3. The standard InChI is InChI=1S/C50H35N3/c1-50(2)45-22-10-9-21-42(45)44-30-37-24-23-36-29-40(25-26-41(36)43(37)31-46(44)50)49-52-47(38-19-11-17-34(27-38)32-13-5-3-6-14-32)51-48(53-49)39-20-12-18-35(28-39)33-15-7-4-8-16-33/h3-31H,1-2H3. The summed E-state index contributed by atoms with van der Waals surface area (Å²) < 4.78 is 0. The third kappa shape index (κ3) is 5.32. The van der Waals surface area contributed by atoms with Crippen molar-refractivity contribution in [3.8, 4) is 67.5 Å². The lowest BCUT2D eigenvalue weighted by Crippen LogP contribution is -2.14. The Kier molecular flexibility index (Phi) is 7.16. The minimum Gasteiger partial charge on any atom is -0.208 e. The van der Waals surface area contributed by atoms with Crippen LogP contribution in [0.25, 0.3) is 89.1 Å². The molecule has 0 atom stereocenters. The summed E-state index contributed by atoms with van der Waals surface area (Å²) in [6.07, 6.45) is 0. The monoisotopic (exact) mass is 677 g/mol. The zero-order valence-corrected chi connectivity index (χ0v) is 29.6. The first-order valence-corrected chi connectivity index (χ1v) is 18.2. The highest BCUT2D eigenvalue weighted by Gasteiger charge is 2.35. The Morgan fingerprint density at radius 1 is 0.321 bits per heavy atom. The maximum atomic E-state index is 5.15. The van der Waals surface area contributed by atoms with E-state index in [1.54, 1.807) is 0 Å². The molecule has 53 heavy (non-hydrogen) atoms. The lowest BCUT2D eigenvalue weighted by molar-refractivity contribution is 0.661. The lowest BCUT2D eigenvalue weighted by atomic mass is 9.81. The maximum Gasteiger partial charge on any atom is 0.164 e. The third-order valence-electron chi connectivity index (χ3n) is 10.9. The Hall–Kier alpha value is -6.71. The van der Waals surface area contributed by atoms with Gasteiger partial charge in [-0.1, -0.05) is 159 Å². The van der Waals surface area contributed by atoms with Crippen LogP contribution in [0.15, 0.2) is 176 Å². The van der Waals surface area contributed by atoms with Crippen LogP contribution < -0.4 is 0 Å². The van der Waals surface area contributed by atoms with E-state index in [9.17, 15) is 0 Å². The topological polar surface area (TPSA) is 38.7 Å². The van der Waals surface area contributed by atoms with Crippen molar-refractivity contribution < 1.29 is 0 Å². The smallest absolute Gasteiger partial charge is 0.164 e. The number of hydrogen-bond donors (Lipinski definition) is 0. The van der Waals surface area contributed by atoms with Crippen LogP contribution >= 0.6 is 0 Å². The molecule has 0 bridgehead atoms. The molecular weight excluding hydrogens is 643 g/mol. The molecule has 1 aliphatic rings. The highest BCUT2D eigenvalue weighted by molar-refractivity contribution is 6.10. The van der Waals surface area contributed by atoms with E-state index in [1.165, 1.54) is 38.4 Å². The summed E-state index contributed by atoms with van der Waals surface area (Å²) in [4.78, 5) is 15.4. The van der Waals surface area contributed by atoms with Crippen molar-refractivity contribution in [1.29, 1.82) is 0 Å². The maximum absolute atomic E-state index is 5.15. The first kappa shape index (κ1) is 31.1. The second-order valence-corrected chi connectivity index (χ2v) is 14.5. The van der Waals surface area contributed by atoms with Crippen LogP contribution in [0.2, 0.25) is 0 Å². The molecule has 8 aromatic carbocycles. The normalized spacial score (nSPS) is 12.9. The first-order chi connectivity index (χ1) is 26.0. The zero-order valence-electron chi connectivity index (χ0n) is 29.6. The van der Waals surface area contributed by atoms with E-state index in [1.807, 2.05) is 12.1 Å². The largest absolute Gasteiger partial charge is 0.208 e. The van der Waals surface area contributed by atoms with Crippen LogP contribution in [-0.4, -0.2) is 15.0 Å². The van der Waals surface area contributed by atoms with Crippen LogP contribution in [0.3, 0.4) is 0 Å². The van der Waals surface area contributed by atoms with E-state index in [2.05, 4.69) is 178 Å². The fourth-order valence-corrected chi connectivity index (χ4v) is 8.10. The van der Waals surface area contributed by atoms with Crippen molar-refractivity contribution in [3.63, 3.8) is 0 Å². The van der Waals surface area contributed by atoms with Gasteiger partial charge in [-0.2, -0.15) is 0 Å². The van der Waals surface area contributed by atoms with Gasteiger partial charge in [-0.05, 0) is 96.4 Å². The average molecular weight is 678 g/mol. The third-order valence-corrected chi connectivity index (χ3v) is 10.9. The molecule has 9 aromatic rings. The fourth-order valence-electron chi connectivity index (χ4n) is 8.10. The Bertz CT molecular complexity index is 2750. The molecule has 0 radical (unpaired) electrons. The predicted octanol–water partition coefficient (Wildman–Crippen LogP) is 12.8. The molecule has 0 saturated heterocycles. The molecule has 250 valence electrons. The molecule has 3 nitrogen and oxygen atoms in total. The highest BCUT2D eigenvalue weighted by atomic mass is 15.0. The van der Waals surface area contributed by atoms with Crippen molar-refractivity contribution in [2.75, 3.05) is 0 Å². The Morgan fingerprint density at radius 3 is 1.42 bits per heavy atom. The van der Waals surface area contributed by atoms with E-state index in [-0.39, 0.29) is 5.41 Å². The minimum atomic E-state index is -0.0600. The van der Waals surface area contributed by atoms with Gasteiger partial charge in [0.15, 0.2) is 17.5 Å². The van der Waals surface area contributed by atoms with Crippen LogP contribution in [0.1, 0.15) is 25.0 Å². The van der Waals surface area contributed by atoms with Gasteiger partial charge in [-0.25, -0.2) is 15.0 Å². The Balaban J connectivity index is 1.12. The predicted molar refractivity (Wildman–Crippen MR) is 220 cm³/mol. The molecule has 10 rings (SSSR count). The van der Waals surface area contributed by atoms with Gasteiger partial charge < -0.3 is 0 Å². The second-order valence-electron chi connectivity index (χ2n) is 14.5. The van der Waals surface area contributed by atoms with Crippen LogP contribution in [0.4, 0.5) is 0 Å². The first-order valence-electron chi connectivity index (χ1n) is 18.2. The fraction of sp³-hybridized carbons (Fsp3) is 0.0600. The molecule has 0 saturated carbocycles. The van der Waals surface area contributed by atoms with Gasteiger partial charge in [0.2, 0.25) is 0 Å². The quantitative estimate of drug-likeness (QED) is 0.170.